The van der Waals surface area contributed by atoms with Gasteiger partial charge in [0.15, 0.2) is 0 Å². The van der Waals surface area contributed by atoms with E-state index in [-0.39, 0.29) is 5.75 Å². The molecule has 1 rings (SSSR count). The lowest BCUT2D eigenvalue weighted by atomic mass is 10.3. The highest BCUT2D eigenvalue weighted by molar-refractivity contribution is 9.08. The van der Waals surface area contributed by atoms with Crippen LogP contribution in [0.4, 0.5) is 4.39 Å². The molecule has 0 unspecified atom stereocenters. The van der Waals surface area contributed by atoms with Gasteiger partial charge in [0.2, 0.25) is 5.95 Å². The zero-order valence-corrected chi connectivity index (χ0v) is 6.60. The summed E-state index contributed by atoms with van der Waals surface area (Å²) in [6, 6.07) is 2.39. The van der Waals surface area contributed by atoms with E-state index >= 15 is 0 Å². The monoisotopic (exact) mass is 205 g/mol. The molecule has 0 bridgehead atoms. The molecular formula is C6H5BrFNO. The molecule has 0 amide bonds. The van der Waals surface area contributed by atoms with Crippen molar-refractivity contribution in [3.8, 4) is 5.75 Å². The molecule has 1 heterocycles. The summed E-state index contributed by atoms with van der Waals surface area (Å²) < 4.78 is 12.3. The third-order valence-corrected chi connectivity index (χ3v) is 1.57. The van der Waals surface area contributed by atoms with Gasteiger partial charge in [0.1, 0.15) is 5.75 Å². The summed E-state index contributed by atoms with van der Waals surface area (Å²) in [5.74, 6) is -0.564. The van der Waals surface area contributed by atoms with E-state index in [2.05, 4.69) is 20.9 Å². The molecule has 0 fully saturated rings. The Kier molecular flexibility index (Phi) is 2.21. The minimum Gasteiger partial charge on any atom is -0.506 e. The van der Waals surface area contributed by atoms with Crippen molar-refractivity contribution in [2.45, 2.75) is 5.33 Å². The number of halogens is 2. The molecule has 0 aliphatic rings. The molecule has 10 heavy (non-hydrogen) atoms. The first kappa shape index (κ1) is 7.47. The highest BCUT2D eigenvalue weighted by atomic mass is 79.9. The van der Waals surface area contributed by atoms with Gasteiger partial charge in [-0.3, -0.25) is 0 Å². The van der Waals surface area contributed by atoms with Gasteiger partial charge in [-0.2, -0.15) is 4.39 Å². The van der Waals surface area contributed by atoms with Crippen molar-refractivity contribution in [3.63, 3.8) is 0 Å². The molecule has 0 aliphatic heterocycles. The summed E-state index contributed by atoms with van der Waals surface area (Å²) in [4.78, 5) is 3.43. The molecular weight excluding hydrogens is 201 g/mol. The Morgan fingerprint density at radius 3 is 2.80 bits per heavy atom. The molecule has 0 radical (unpaired) electrons. The summed E-state index contributed by atoms with van der Waals surface area (Å²) in [6.07, 6.45) is 0. The SMILES string of the molecule is Oc1ccc(F)nc1CBr. The van der Waals surface area contributed by atoms with Gasteiger partial charge >= 0.3 is 0 Å². The molecule has 1 N–H and O–H groups in total. The van der Waals surface area contributed by atoms with E-state index < -0.39 is 5.95 Å². The summed E-state index contributed by atoms with van der Waals surface area (Å²) in [5.41, 5.74) is 0.319. The summed E-state index contributed by atoms with van der Waals surface area (Å²) in [7, 11) is 0. The minimum atomic E-state index is -0.577. The van der Waals surface area contributed by atoms with Crippen LogP contribution in [0.5, 0.6) is 5.75 Å². The number of hydrogen-bond acceptors (Lipinski definition) is 2. The summed E-state index contributed by atoms with van der Waals surface area (Å²) in [6.45, 7) is 0. The topological polar surface area (TPSA) is 33.1 Å². The first-order valence-corrected chi connectivity index (χ1v) is 3.76. The molecule has 1 aromatic heterocycles. The number of rotatable bonds is 1. The molecule has 2 nitrogen and oxygen atoms in total. The normalized spacial score (nSPS) is 9.80. The first-order chi connectivity index (χ1) is 4.74. The third kappa shape index (κ3) is 1.44. The Hall–Kier alpha value is -0.640. The quantitative estimate of drug-likeness (QED) is 0.561. The Morgan fingerprint density at radius 1 is 1.60 bits per heavy atom. The zero-order valence-electron chi connectivity index (χ0n) is 5.01. The number of pyridine rings is 1. The predicted molar refractivity (Wildman–Crippen MR) is 38.5 cm³/mol. The Bertz CT molecular complexity index is 241. The van der Waals surface area contributed by atoms with Crippen molar-refractivity contribution >= 4 is 15.9 Å². The van der Waals surface area contributed by atoms with Crippen molar-refractivity contribution in [3.05, 3.63) is 23.8 Å². The van der Waals surface area contributed by atoms with Crippen LogP contribution >= 0.6 is 15.9 Å². The molecule has 0 spiro atoms. The lowest BCUT2D eigenvalue weighted by Gasteiger charge is -1.96. The van der Waals surface area contributed by atoms with Gasteiger partial charge in [0, 0.05) is 5.33 Å². The van der Waals surface area contributed by atoms with Gasteiger partial charge in [0.05, 0.1) is 5.69 Å². The van der Waals surface area contributed by atoms with Gasteiger partial charge in [-0.1, -0.05) is 15.9 Å². The van der Waals surface area contributed by atoms with Gasteiger partial charge in [-0.15, -0.1) is 0 Å². The molecule has 0 aromatic carbocycles. The summed E-state index contributed by atoms with van der Waals surface area (Å²) in [5, 5.41) is 9.33. The average molecular weight is 206 g/mol. The zero-order chi connectivity index (χ0) is 7.56. The van der Waals surface area contributed by atoms with Crippen LogP contribution in [0.3, 0.4) is 0 Å². The number of hydrogen-bond donors (Lipinski definition) is 1. The van der Waals surface area contributed by atoms with Crippen LogP contribution in [-0.4, -0.2) is 10.1 Å². The van der Waals surface area contributed by atoms with E-state index in [1.165, 1.54) is 6.07 Å². The second-order valence-corrected chi connectivity index (χ2v) is 2.29. The van der Waals surface area contributed by atoms with E-state index in [0.717, 1.165) is 6.07 Å². The van der Waals surface area contributed by atoms with Crippen molar-refractivity contribution in [1.29, 1.82) is 0 Å². The highest BCUT2D eigenvalue weighted by Crippen LogP contribution is 2.16. The van der Waals surface area contributed by atoms with Crippen LogP contribution in [0.25, 0.3) is 0 Å². The number of nitrogens with zero attached hydrogens (tertiary/aromatic N) is 1. The van der Waals surface area contributed by atoms with E-state index in [1.54, 1.807) is 0 Å². The smallest absolute Gasteiger partial charge is 0.213 e. The van der Waals surface area contributed by atoms with Gasteiger partial charge in [0.25, 0.3) is 0 Å². The molecule has 4 heteroatoms. The Balaban J connectivity index is 3.09. The summed E-state index contributed by atoms with van der Waals surface area (Å²) >= 11 is 3.05. The van der Waals surface area contributed by atoms with Gasteiger partial charge in [-0.05, 0) is 12.1 Å². The lowest BCUT2D eigenvalue weighted by molar-refractivity contribution is 0.460. The molecule has 0 aliphatic carbocycles. The van der Waals surface area contributed by atoms with E-state index in [1.807, 2.05) is 0 Å². The first-order valence-electron chi connectivity index (χ1n) is 2.64. The fraction of sp³-hybridized carbons (Fsp3) is 0.167. The maximum Gasteiger partial charge on any atom is 0.213 e. The second kappa shape index (κ2) is 2.96. The molecule has 0 atom stereocenters. The van der Waals surface area contributed by atoms with E-state index in [0.29, 0.717) is 11.0 Å². The molecule has 54 valence electrons. The lowest BCUT2D eigenvalue weighted by Crippen LogP contribution is -1.88. The maximum atomic E-state index is 12.3. The van der Waals surface area contributed by atoms with Crippen LogP contribution < -0.4 is 0 Å². The average Bonchev–Trinajstić information content (AvgIpc) is 1.94. The largest absolute Gasteiger partial charge is 0.506 e. The highest BCUT2D eigenvalue weighted by Gasteiger charge is 2.00. The maximum absolute atomic E-state index is 12.3. The second-order valence-electron chi connectivity index (χ2n) is 1.73. The molecule has 1 aromatic rings. The fourth-order valence-electron chi connectivity index (χ4n) is 0.566. The third-order valence-electron chi connectivity index (χ3n) is 1.04. The van der Waals surface area contributed by atoms with Crippen molar-refractivity contribution in [2.24, 2.45) is 0 Å². The van der Waals surface area contributed by atoms with E-state index in [9.17, 15) is 4.39 Å². The standard InChI is InChI=1S/C6H5BrFNO/c7-3-4-5(10)1-2-6(8)9-4/h1-2,10H,3H2. The minimum absolute atomic E-state index is 0.0123. The van der Waals surface area contributed by atoms with Crippen LogP contribution in [0, 0.1) is 5.95 Å². The van der Waals surface area contributed by atoms with Gasteiger partial charge < -0.3 is 5.11 Å². The van der Waals surface area contributed by atoms with Crippen molar-refractivity contribution in [2.75, 3.05) is 0 Å². The molecule has 0 saturated heterocycles. The number of aromatic hydroxyl groups is 1. The van der Waals surface area contributed by atoms with Crippen LogP contribution in [0.2, 0.25) is 0 Å². The van der Waals surface area contributed by atoms with Crippen LogP contribution in [0.1, 0.15) is 5.69 Å². The fourth-order valence-corrected chi connectivity index (χ4v) is 0.978. The van der Waals surface area contributed by atoms with E-state index in [4.69, 9.17) is 5.11 Å². The number of alkyl halides is 1. The van der Waals surface area contributed by atoms with Crippen molar-refractivity contribution in [1.82, 2.24) is 4.98 Å². The Morgan fingerprint density at radius 2 is 2.30 bits per heavy atom. The van der Waals surface area contributed by atoms with Crippen LogP contribution in [-0.2, 0) is 5.33 Å². The number of aromatic nitrogens is 1. The predicted octanol–water partition coefficient (Wildman–Crippen LogP) is 1.82. The van der Waals surface area contributed by atoms with Gasteiger partial charge in [-0.25, -0.2) is 4.98 Å². The Labute approximate surface area is 65.8 Å². The van der Waals surface area contributed by atoms with Crippen molar-refractivity contribution < 1.29 is 9.50 Å². The molecule has 0 saturated carbocycles. The van der Waals surface area contributed by atoms with Crippen LogP contribution in [0.15, 0.2) is 12.1 Å².